The van der Waals surface area contributed by atoms with E-state index in [0.717, 1.165) is 17.1 Å². The first-order valence-electron chi connectivity index (χ1n) is 6.32. The van der Waals surface area contributed by atoms with Gasteiger partial charge < -0.3 is 15.5 Å². The fraction of sp³-hybridized carbons (Fsp3) is 0.267. The van der Waals surface area contributed by atoms with Gasteiger partial charge in [0, 0.05) is 5.56 Å². The molecule has 0 aliphatic rings. The van der Waals surface area contributed by atoms with E-state index in [9.17, 15) is 4.79 Å². The van der Waals surface area contributed by atoms with Crippen molar-refractivity contribution in [2.75, 3.05) is 5.73 Å². The molecule has 4 nitrogen and oxygen atoms in total. The van der Waals surface area contributed by atoms with E-state index in [4.69, 9.17) is 21.8 Å². The highest BCUT2D eigenvalue weighted by Gasteiger charge is 2.18. The van der Waals surface area contributed by atoms with Crippen LogP contribution in [0.4, 0.5) is 5.69 Å². The van der Waals surface area contributed by atoms with Gasteiger partial charge in [-0.15, -0.1) is 0 Å². The van der Waals surface area contributed by atoms with Gasteiger partial charge in [-0.25, -0.2) is 0 Å². The number of nitrogens with two attached hydrogens (primary N) is 1. The number of anilines is 1. The summed E-state index contributed by atoms with van der Waals surface area (Å²) in [6, 6.07) is 6.75. The van der Waals surface area contributed by atoms with Crippen molar-refractivity contribution in [1.82, 2.24) is 5.32 Å². The first-order chi connectivity index (χ1) is 9.40. The third-order valence-electron chi connectivity index (χ3n) is 3.19. The Morgan fingerprint density at radius 2 is 2.10 bits per heavy atom. The monoisotopic (exact) mass is 292 g/mol. The van der Waals surface area contributed by atoms with Crippen LogP contribution in [0.3, 0.4) is 0 Å². The quantitative estimate of drug-likeness (QED) is 0.849. The predicted octanol–water partition coefficient (Wildman–Crippen LogP) is 3.62. The maximum absolute atomic E-state index is 12.2. The fourth-order valence-electron chi connectivity index (χ4n) is 2.17. The van der Waals surface area contributed by atoms with E-state index in [-0.39, 0.29) is 11.9 Å². The van der Waals surface area contributed by atoms with Gasteiger partial charge in [-0.3, -0.25) is 4.79 Å². The maximum atomic E-state index is 12.2. The molecule has 5 heteroatoms. The van der Waals surface area contributed by atoms with Gasteiger partial charge in [0.05, 0.1) is 22.3 Å². The van der Waals surface area contributed by atoms with Crippen molar-refractivity contribution in [2.24, 2.45) is 0 Å². The molecule has 0 saturated heterocycles. The SMILES string of the molecule is Cc1cc(C(C)NC(=O)c2cccc(Cl)c2N)c(C)o1. The van der Waals surface area contributed by atoms with Gasteiger partial charge in [0.15, 0.2) is 0 Å². The van der Waals surface area contributed by atoms with Gasteiger partial charge in [-0.2, -0.15) is 0 Å². The van der Waals surface area contributed by atoms with Crippen molar-refractivity contribution in [2.45, 2.75) is 26.8 Å². The van der Waals surface area contributed by atoms with Gasteiger partial charge in [0.2, 0.25) is 0 Å². The number of carbonyl (C=O) groups excluding carboxylic acids is 1. The minimum Gasteiger partial charge on any atom is -0.466 e. The van der Waals surface area contributed by atoms with Crippen LogP contribution in [0.1, 0.15) is 40.4 Å². The van der Waals surface area contributed by atoms with Crippen LogP contribution < -0.4 is 11.1 Å². The topological polar surface area (TPSA) is 68.3 Å². The number of rotatable bonds is 3. The van der Waals surface area contributed by atoms with Crippen LogP contribution in [0, 0.1) is 13.8 Å². The van der Waals surface area contributed by atoms with Gasteiger partial charge in [-0.1, -0.05) is 17.7 Å². The molecule has 0 aliphatic heterocycles. The summed E-state index contributed by atoms with van der Waals surface area (Å²) in [5, 5.41) is 3.27. The molecule has 1 unspecified atom stereocenters. The summed E-state index contributed by atoms with van der Waals surface area (Å²) in [4.78, 5) is 12.2. The average molecular weight is 293 g/mol. The van der Waals surface area contributed by atoms with E-state index in [2.05, 4.69) is 5.32 Å². The fourth-order valence-corrected chi connectivity index (χ4v) is 2.34. The number of nitrogen functional groups attached to an aromatic ring is 1. The lowest BCUT2D eigenvalue weighted by Gasteiger charge is -2.14. The number of furan rings is 1. The van der Waals surface area contributed by atoms with Crippen molar-refractivity contribution in [3.8, 4) is 0 Å². The Morgan fingerprint density at radius 1 is 1.40 bits per heavy atom. The Kier molecular flexibility index (Phi) is 4.04. The summed E-state index contributed by atoms with van der Waals surface area (Å²) >= 11 is 5.92. The van der Waals surface area contributed by atoms with Crippen LogP contribution in [-0.4, -0.2) is 5.91 Å². The standard InChI is InChI=1S/C15H17ClN2O2/c1-8-7-12(10(3)20-8)9(2)18-15(19)11-5-4-6-13(16)14(11)17/h4-7,9H,17H2,1-3H3,(H,18,19). The van der Waals surface area contributed by atoms with Crippen molar-refractivity contribution in [1.29, 1.82) is 0 Å². The summed E-state index contributed by atoms with van der Waals surface area (Å²) in [6.45, 7) is 5.65. The van der Waals surface area contributed by atoms with Gasteiger partial charge in [-0.05, 0) is 39.0 Å². The summed E-state index contributed by atoms with van der Waals surface area (Å²) < 4.78 is 5.47. The Morgan fingerprint density at radius 3 is 2.70 bits per heavy atom. The predicted molar refractivity (Wildman–Crippen MR) is 79.9 cm³/mol. The van der Waals surface area contributed by atoms with E-state index in [1.165, 1.54) is 0 Å². The molecule has 1 aromatic heterocycles. The molecular weight excluding hydrogens is 276 g/mol. The van der Waals surface area contributed by atoms with E-state index < -0.39 is 0 Å². The lowest BCUT2D eigenvalue weighted by atomic mass is 10.1. The molecule has 3 N–H and O–H groups in total. The molecule has 0 radical (unpaired) electrons. The zero-order valence-electron chi connectivity index (χ0n) is 11.7. The average Bonchev–Trinajstić information content (AvgIpc) is 2.71. The highest BCUT2D eigenvalue weighted by molar-refractivity contribution is 6.33. The van der Waals surface area contributed by atoms with Gasteiger partial charge >= 0.3 is 0 Å². The lowest BCUT2D eigenvalue weighted by molar-refractivity contribution is 0.0940. The third-order valence-corrected chi connectivity index (χ3v) is 3.52. The molecule has 0 spiro atoms. The molecule has 1 atom stereocenters. The molecule has 2 aromatic rings. The van der Waals surface area contributed by atoms with Crippen molar-refractivity contribution in [3.05, 3.63) is 51.9 Å². The van der Waals surface area contributed by atoms with Gasteiger partial charge in [0.25, 0.3) is 5.91 Å². The number of benzene rings is 1. The molecule has 2 rings (SSSR count). The molecule has 0 bridgehead atoms. The summed E-state index contributed by atoms with van der Waals surface area (Å²) in [7, 11) is 0. The number of nitrogens with one attached hydrogen (secondary N) is 1. The number of amides is 1. The zero-order valence-corrected chi connectivity index (χ0v) is 12.4. The van der Waals surface area contributed by atoms with Crippen molar-refractivity contribution >= 4 is 23.2 Å². The molecule has 106 valence electrons. The smallest absolute Gasteiger partial charge is 0.253 e. The number of halogens is 1. The molecule has 1 aromatic carbocycles. The third kappa shape index (κ3) is 2.80. The van der Waals surface area contributed by atoms with Crippen molar-refractivity contribution < 1.29 is 9.21 Å². The second-order valence-corrected chi connectivity index (χ2v) is 5.17. The largest absolute Gasteiger partial charge is 0.466 e. The molecular formula is C15H17ClN2O2. The molecule has 1 heterocycles. The highest BCUT2D eigenvalue weighted by atomic mass is 35.5. The Balaban J connectivity index is 2.19. The lowest BCUT2D eigenvalue weighted by Crippen LogP contribution is -2.27. The van der Waals surface area contributed by atoms with Crippen LogP contribution in [0.5, 0.6) is 0 Å². The number of hydrogen-bond donors (Lipinski definition) is 2. The summed E-state index contributed by atoms with van der Waals surface area (Å²) in [6.07, 6.45) is 0. The highest BCUT2D eigenvalue weighted by Crippen LogP contribution is 2.25. The summed E-state index contributed by atoms with van der Waals surface area (Å²) in [5.74, 6) is 1.37. The van der Waals surface area contributed by atoms with Crippen LogP contribution >= 0.6 is 11.6 Å². The van der Waals surface area contributed by atoms with E-state index >= 15 is 0 Å². The number of aryl methyl sites for hydroxylation is 2. The Bertz CT molecular complexity index is 649. The van der Waals surface area contributed by atoms with Crippen LogP contribution in [0.25, 0.3) is 0 Å². The van der Waals surface area contributed by atoms with Crippen LogP contribution in [0.15, 0.2) is 28.7 Å². The molecule has 0 aliphatic carbocycles. The number of carbonyl (C=O) groups is 1. The molecule has 20 heavy (non-hydrogen) atoms. The second-order valence-electron chi connectivity index (χ2n) is 4.76. The molecule has 1 amide bonds. The first kappa shape index (κ1) is 14.5. The molecule has 0 fully saturated rings. The minimum absolute atomic E-state index is 0.168. The van der Waals surface area contributed by atoms with E-state index in [1.807, 2.05) is 26.8 Å². The number of hydrogen-bond acceptors (Lipinski definition) is 3. The van der Waals surface area contributed by atoms with Crippen molar-refractivity contribution in [3.63, 3.8) is 0 Å². The normalized spacial score (nSPS) is 12.2. The van der Waals surface area contributed by atoms with E-state index in [0.29, 0.717) is 16.3 Å². The Labute approximate surface area is 122 Å². The van der Waals surface area contributed by atoms with E-state index in [1.54, 1.807) is 18.2 Å². The van der Waals surface area contributed by atoms with Gasteiger partial charge in [0.1, 0.15) is 11.5 Å². The van der Waals surface area contributed by atoms with Crippen LogP contribution in [-0.2, 0) is 0 Å². The summed E-state index contributed by atoms with van der Waals surface area (Å²) in [5.41, 5.74) is 7.44. The van der Waals surface area contributed by atoms with Crippen LogP contribution in [0.2, 0.25) is 5.02 Å². The maximum Gasteiger partial charge on any atom is 0.253 e. The minimum atomic E-state index is -0.254. The molecule has 0 saturated carbocycles. The zero-order chi connectivity index (χ0) is 14.9. The first-order valence-corrected chi connectivity index (χ1v) is 6.69. The second kappa shape index (κ2) is 5.59. The number of para-hydroxylation sites is 1. The Hall–Kier alpha value is -1.94.